The fourth-order valence-corrected chi connectivity index (χ4v) is 3.28. The molecule has 1 aliphatic heterocycles. The summed E-state index contributed by atoms with van der Waals surface area (Å²) < 4.78 is 30.3. The molecule has 0 radical (unpaired) electrons. The van der Waals surface area contributed by atoms with Crippen molar-refractivity contribution < 1.29 is 18.6 Å². The predicted molar refractivity (Wildman–Crippen MR) is 133 cm³/mol. The van der Waals surface area contributed by atoms with E-state index in [1.165, 1.54) is 6.07 Å². The maximum atomic E-state index is 13.8. The lowest BCUT2D eigenvalue weighted by Gasteiger charge is -2.35. The van der Waals surface area contributed by atoms with Gasteiger partial charge in [0.1, 0.15) is 5.82 Å². The van der Waals surface area contributed by atoms with Crippen molar-refractivity contribution in [3.05, 3.63) is 35.6 Å². The van der Waals surface area contributed by atoms with Gasteiger partial charge in [0, 0.05) is 39.8 Å². The van der Waals surface area contributed by atoms with Crippen molar-refractivity contribution >= 4 is 29.9 Å². The van der Waals surface area contributed by atoms with Crippen molar-refractivity contribution in [1.82, 2.24) is 15.5 Å². The van der Waals surface area contributed by atoms with Crippen LogP contribution in [0.2, 0.25) is 0 Å². The van der Waals surface area contributed by atoms with Crippen LogP contribution in [0.15, 0.2) is 29.3 Å². The van der Waals surface area contributed by atoms with Gasteiger partial charge in [-0.05, 0) is 24.1 Å². The second-order valence-corrected chi connectivity index (χ2v) is 7.18. The van der Waals surface area contributed by atoms with Gasteiger partial charge in [0.15, 0.2) is 5.96 Å². The van der Waals surface area contributed by atoms with Crippen LogP contribution in [0, 0.1) is 5.82 Å². The lowest BCUT2D eigenvalue weighted by Crippen LogP contribution is -2.46. The van der Waals surface area contributed by atoms with Crippen LogP contribution in [0.4, 0.5) is 4.39 Å². The monoisotopic (exact) mass is 552 g/mol. The van der Waals surface area contributed by atoms with Crippen LogP contribution in [-0.4, -0.2) is 83.7 Å². The van der Waals surface area contributed by atoms with Crippen LogP contribution < -0.4 is 10.6 Å². The van der Waals surface area contributed by atoms with Crippen LogP contribution in [0.1, 0.15) is 31.4 Å². The van der Waals surface area contributed by atoms with Crippen LogP contribution in [0.3, 0.4) is 0 Å². The number of guanidine groups is 1. The van der Waals surface area contributed by atoms with Crippen molar-refractivity contribution in [2.45, 2.75) is 25.8 Å². The number of nitrogens with one attached hydrogen (secondary N) is 2. The van der Waals surface area contributed by atoms with Gasteiger partial charge in [-0.2, -0.15) is 0 Å². The molecule has 1 saturated heterocycles. The molecule has 178 valence electrons. The molecule has 1 aliphatic rings. The third-order valence-corrected chi connectivity index (χ3v) is 4.96. The molecule has 2 rings (SSSR count). The highest BCUT2D eigenvalue weighted by atomic mass is 127. The van der Waals surface area contributed by atoms with E-state index < -0.39 is 0 Å². The van der Waals surface area contributed by atoms with E-state index in [0.29, 0.717) is 52.1 Å². The molecule has 0 spiro atoms. The number of nitrogens with zero attached hydrogens (tertiary/aromatic N) is 2. The smallest absolute Gasteiger partial charge is 0.191 e. The maximum Gasteiger partial charge on any atom is 0.191 e. The van der Waals surface area contributed by atoms with E-state index in [4.69, 9.17) is 14.2 Å². The Hall–Kier alpha value is -1.01. The fraction of sp³-hybridized carbons (Fsp3) is 0.682. The summed E-state index contributed by atoms with van der Waals surface area (Å²) in [4.78, 5) is 6.60. The van der Waals surface area contributed by atoms with Crippen LogP contribution >= 0.6 is 24.0 Å². The van der Waals surface area contributed by atoms with Gasteiger partial charge in [0.25, 0.3) is 0 Å². The number of unbranched alkanes of at least 4 members (excludes halogenated alkanes) is 1. The highest BCUT2D eigenvalue weighted by Crippen LogP contribution is 2.22. The molecule has 0 aromatic heterocycles. The molecule has 0 aliphatic carbocycles. The van der Waals surface area contributed by atoms with E-state index in [1.54, 1.807) is 19.2 Å². The summed E-state index contributed by atoms with van der Waals surface area (Å²) in [7, 11) is 1.74. The fourth-order valence-electron chi connectivity index (χ4n) is 3.28. The molecule has 1 aromatic carbocycles. The van der Waals surface area contributed by atoms with Gasteiger partial charge in [-0.3, -0.25) is 9.89 Å². The van der Waals surface area contributed by atoms with Crippen LogP contribution in [-0.2, 0) is 14.2 Å². The summed E-state index contributed by atoms with van der Waals surface area (Å²) in [6.07, 6.45) is 2.23. The number of morpholine rings is 1. The summed E-state index contributed by atoms with van der Waals surface area (Å²) in [6, 6.07) is 6.85. The Balaban J connectivity index is 0.00000480. The SMILES string of the molecule is CCCCOCCOCCNC(=NC)NCC(c1cccc(F)c1)N1CCOCC1.I. The predicted octanol–water partition coefficient (Wildman–Crippen LogP) is 2.82. The lowest BCUT2D eigenvalue weighted by molar-refractivity contribution is 0.0169. The molecule has 0 amide bonds. The number of hydrogen-bond donors (Lipinski definition) is 2. The molecule has 0 bridgehead atoms. The Morgan fingerprint density at radius 2 is 1.90 bits per heavy atom. The van der Waals surface area contributed by atoms with Gasteiger partial charge in [0.2, 0.25) is 0 Å². The Morgan fingerprint density at radius 1 is 1.16 bits per heavy atom. The molecule has 2 N–H and O–H groups in total. The highest BCUT2D eigenvalue weighted by Gasteiger charge is 2.23. The number of hydrogen-bond acceptors (Lipinski definition) is 5. The summed E-state index contributed by atoms with van der Waals surface area (Å²) in [5.41, 5.74) is 0.950. The third kappa shape index (κ3) is 11.4. The normalized spacial score (nSPS) is 15.9. The topological polar surface area (TPSA) is 67.4 Å². The first-order chi connectivity index (χ1) is 14.7. The number of benzene rings is 1. The average Bonchev–Trinajstić information content (AvgIpc) is 2.77. The first-order valence-corrected chi connectivity index (χ1v) is 10.9. The van der Waals surface area contributed by atoms with E-state index in [-0.39, 0.29) is 35.8 Å². The molecular formula is C22H38FIN4O3. The zero-order valence-electron chi connectivity index (χ0n) is 18.8. The van der Waals surface area contributed by atoms with Gasteiger partial charge < -0.3 is 24.8 Å². The van der Waals surface area contributed by atoms with Crippen molar-refractivity contribution in [3.8, 4) is 0 Å². The van der Waals surface area contributed by atoms with Gasteiger partial charge in [0.05, 0.1) is 39.1 Å². The minimum atomic E-state index is -0.218. The number of aliphatic imine (C=N–C) groups is 1. The Morgan fingerprint density at radius 3 is 2.58 bits per heavy atom. The second kappa shape index (κ2) is 17.5. The van der Waals surface area contributed by atoms with Crippen molar-refractivity contribution in [2.75, 3.05) is 72.9 Å². The Bertz CT molecular complexity index is 618. The maximum absolute atomic E-state index is 13.8. The zero-order chi connectivity index (χ0) is 21.4. The third-order valence-electron chi connectivity index (χ3n) is 4.96. The van der Waals surface area contributed by atoms with Crippen LogP contribution in [0.5, 0.6) is 0 Å². The Labute approximate surface area is 203 Å². The zero-order valence-corrected chi connectivity index (χ0v) is 21.1. The lowest BCUT2D eigenvalue weighted by atomic mass is 10.0. The molecule has 31 heavy (non-hydrogen) atoms. The van der Waals surface area contributed by atoms with E-state index >= 15 is 0 Å². The molecule has 1 aromatic rings. The molecule has 1 heterocycles. The molecule has 7 nitrogen and oxygen atoms in total. The van der Waals surface area contributed by atoms with E-state index in [0.717, 1.165) is 38.1 Å². The van der Waals surface area contributed by atoms with Gasteiger partial charge >= 0.3 is 0 Å². The van der Waals surface area contributed by atoms with Crippen molar-refractivity contribution in [2.24, 2.45) is 4.99 Å². The summed E-state index contributed by atoms with van der Waals surface area (Å²) in [6.45, 7) is 9.04. The molecule has 1 unspecified atom stereocenters. The van der Waals surface area contributed by atoms with E-state index in [1.807, 2.05) is 6.07 Å². The van der Waals surface area contributed by atoms with Crippen molar-refractivity contribution in [3.63, 3.8) is 0 Å². The highest BCUT2D eigenvalue weighted by molar-refractivity contribution is 14.0. The van der Waals surface area contributed by atoms with Gasteiger partial charge in [-0.15, -0.1) is 24.0 Å². The quantitative estimate of drug-likeness (QED) is 0.170. The Kier molecular flexibility index (Phi) is 15.9. The number of rotatable bonds is 13. The molecular weight excluding hydrogens is 514 g/mol. The first-order valence-electron chi connectivity index (χ1n) is 10.9. The average molecular weight is 552 g/mol. The standard InChI is InChI=1S/C22H37FN4O3.HI/c1-3-4-11-28-15-16-29-12-8-25-22(24-2)26-18-21(27-9-13-30-14-10-27)19-6-5-7-20(23)17-19;/h5-7,17,21H,3-4,8-16,18H2,1-2H3,(H2,24,25,26);1H. The molecule has 0 saturated carbocycles. The second-order valence-electron chi connectivity index (χ2n) is 7.18. The van der Waals surface area contributed by atoms with Gasteiger partial charge in [-0.25, -0.2) is 4.39 Å². The van der Waals surface area contributed by atoms with Crippen LogP contribution in [0.25, 0.3) is 0 Å². The minimum absolute atomic E-state index is 0. The summed E-state index contributed by atoms with van der Waals surface area (Å²) in [5, 5.41) is 6.62. The van der Waals surface area contributed by atoms with Gasteiger partial charge in [-0.1, -0.05) is 25.5 Å². The molecule has 1 fully saturated rings. The van der Waals surface area contributed by atoms with E-state index in [2.05, 4.69) is 27.4 Å². The minimum Gasteiger partial charge on any atom is -0.379 e. The summed E-state index contributed by atoms with van der Waals surface area (Å²) in [5.74, 6) is 0.483. The molecule has 9 heteroatoms. The number of ether oxygens (including phenoxy) is 3. The summed E-state index contributed by atoms with van der Waals surface area (Å²) >= 11 is 0. The largest absolute Gasteiger partial charge is 0.379 e. The molecule has 1 atom stereocenters. The number of halogens is 2. The van der Waals surface area contributed by atoms with Crippen molar-refractivity contribution in [1.29, 1.82) is 0 Å². The van der Waals surface area contributed by atoms with E-state index in [9.17, 15) is 4.39 Å². The first kappa shape index (κ1) is 28.0.